The Morgan fingerprint density at radius 2 is 1.83 bits per heavy atom. The third kappa shape index (κ3) is 1.95. The van der Waals surface area contributed by atoms with E-state index < -0.39 is 5.97 Å². The van der Waals surface area contributed by atoms with Crippen LogP contribution in [-0.4, -0.2) is 21.0 Å². The highest BCUT2D eigenvalue weighted by Gasteiger charge is 2.18. The molecule has 4 N–H and O–H groups in total. The summed E-state index contributed by atoms with van der Waals surface area (Å²) in [5.74, 6) is -0.952. The van der Waals surface area contributed by atoms with Crippen LogP contribution in [0, 0.1) is 20.8 Å². The molecule has 0 fully saturated rings. The van der Waals surface area contributed by atoms with E-state index in [2.05, 4.69) is 9.97 Å². The van der Waals surface area contributed by atoms with Crippen molar-refractivity contribution < 1.29 is 9.90 Å². The Balaban J connectivity index is 2.69. The first-order valence-corrected chi connectivity index (χ1v) is 5.57. The van der Waals surface area contributed by atoms with Crippen molar-refractivity contribution in [2.75, 3.05) is 5.73 Å². The van der Waals surface area contributed by atoms with E-state index in [0.29, 0.717) is 5.69 Å². The summed E-state index contributed by atoms with van der Waals surface area (Å²) in [5, 5.41) is 9.13. The van der Waals surface area contributed by atoms with Crippen molar-refractivity contribution in [3.8, 4) is 11.3 Å². The first-order valence-electron chi connectivity index (χ1n) is 5.57. The molecular formula is C13H15N3O2. The number of carboxylic acids is 1. The molecule has 0 radical (unpaired) electrons. The molecule has 94 valence electrons. The van der Waals surface area contributed by atoms with Gasteiger partial charge in [-0.2, -0.15) is 0 Å². The SMILES string of the molecule is Cc1cc(C)c(-c2nc(N)[nH]c2C(=O)O)cc1C. The van der Waals surface area contributed by atoms with Gasteiger partial charge in [0, 0.05) is 5.56 Å². The van der Waals surface area contributed by atoms with Gasteiger partial charge in [-0.05, 0) is 43.5 Å². The minimum atomic E-state index is -1.06. The molecule has 18 heavy (non-hydrogen) atoms. The number of nitrogens with zero attached hydrogens (tertiary/aromatic N) is 1. The van der Waals surface area contributed by atoms with E-state index in [9.17, 15) is 4.79 Å². The minimum Gasteiger partial charge on any atom is -0.477 e. The number of nitrogens with one attached hydrogen (secondary N) is 1. The normalized spacial score (nSPS) is 10.6. The Bertz CT molecular complexity index is 629. The first kappa shape index (κ1) is 12.2. The average molecular weight is 245 g/mol. The molecule has 5 heteroatoms. The Hall–Kier alpha value is -2.30. The number of aromatic nitrogens is 2. The van der Waals surface area contributed by atoms with Gasteiger partial charge in [-0.1, -0.05) is 6.07 Å². The molecule has 2 aromatic rings. The molecule has 0 aliphatic rings. The molecule has 0 atom stereocenters. The third-order valence-electron chi connectivity index (χ3n) is 3.03. The second kappa shape index (κ2) is 4.18. The Morgan fingerprint density at radius 3 is 2.44 bits per heavy atom. The monoisotopic (exact) mass is 245 g/mol. The summed E-state index contributed by atoms with van der Waals surface area (Å²) in [7, 11) is 0. The number of imidazole rings is 1. The van der Waals surface area contributed by atoms with Crippen LogP contribution in [0.4, 0.5) is 5.95 Å². The maximum Gasteiger partial charge on any atom is 0.354 e. The molecular weight excluding hydrogens is 230 g/mol. The molecule has 0 spiro atoms. The zero-order valence-corrected chi connectivity index (χ0v) is 10.5. The number of carboxylic acid groups (broad SMARTS) is 1. The van der Waals surface area contributed by atoms with Gasteiger partial charge in [0.2, 0.25) is 0 Å². The van der Waals surface area contributed by atoms with Crippen LogP contribution in [0.25, 0.3) is 11.3 Å². The van der Waals surface area contributed by atoms with Crippen LogP contribution < -0.4 is 5.73 Å². The van der Waals surface area contributed by atoms with Crippen molar-refractivity contribution >= 4 is 11.9 Å². The maximum absolute atomic E-state index is 11.1. The second-order valence-corrected chi connectivity index (χ2v) is 4.40. The van der Waals surface area contributed by atoms with Gasteiger partial charge in [0.15, 0.2) is 11.6 Å². The van der Waals surface area contributed by atoms with Crippen molar-refractivity contribution in [3.05, 3.63) is 34.5 Å². The van der Waals surface area contributed by atoms with Gasteiger partial charge in [0.1, 0.15) is 5.69 Å². The largest absolute Gasteiger partial charge is 0.477 e. The predicted octanol–water partition coefficient (Wildman–Crippen LogP) is 2.28. The topological polar surface area (TPSA) is 92.0 Å². The van der Waals surface area contributed by atoms with Crippen molar-refractivity contribution in [1.29, 1.82) is 0 Å². The van der Waals surface area contributed by atoms with Gasteiger partial charge >= 0.3 is 5.97 Å². The lowest BCUT2D eigenvalue weighted by molar-refractivity contribution is 0.0692. The summed E-state index contributed by atoms with van der Waals surface area (Å²) in [6, 6.07) is 3.95. The van der Waals surface area contributed by atoms with Crippen molar-refractivity contribution in [3.63, 3.8) is 0 Å². The summed E-state index contributed by atoms with van der Waals surface area (Å²) in [6.45, 7) is 5.93. The highest BCUT2D eigenvalue weighted by molar-refractivity contribution is 5.94. The van der Waals surface area contributed by atoms with Gasteiger partial charge in [-0.15, -0.1) is 0 Å². The maximum atomic E-state index is 11.1. The van der Waals surface area contributed by atoms with E-state index in [1.165, 1.54) is 0 Å². The average Bonchev–Trinajstić information content (AvgIpc) is 2.65. The standard InChI is InChI=1S/C13H15N3O2/c1-6-4-8(3)9(5-7(6)2)10-11(12(17)18)16-13(14)15-10/h4-5H,1-3H3,(H,17,18)(H3,14,15,16). The molecule has 1 aromatic carbocycles. The Morgan fingerprint density at radius 1 is 1.22 bits per heavy atom. The highest BCUT2D eigenvalue weighted by Crippen LogP contribution is 2.28. The van der Waals surface area contributed by atoms with E-state index >= 15 is 0 Å². The third-order valence-corrected chi connectivity index (χ3v) is 3.03. The van der Waals surface area contributed by atoms with Gasteiger partial charge in [0.25, 0.3) is 0 Å². The Labute approximate surface area is 105 Å². The van der Waals surface area contributed by atoms with Gasteiger partial charge in [-0.3, -0.25) is 0 Å². The zero-order chi connectivity index (χ0) is 13.4. The van der Waals surface area contributed by atoms with Crippen LogP contribution in [0.2, 0.25) is 0 Å². The number of rotatable bonds is 2. The highest BCUT2D eigenvalue weighted by atomic mass is 16.4. The van der Waals surface area contributed by atoms with Crippen LogP contribution in [0.5, 0.6) is 0 Å². The van der Waals surface area contributed by atoms with E-state index in [4.69, 9.17) is 10.8 Å². The molecule has 5 nitrogen and oxygen atoms in total. The van der Waals surface area contributed by atoms with Crippen LogP contribution in [-0.2, 0) is 0 Å². The number of hydrogen-bond donors (Lipinski definition) is 3. The molecule has 0 amide bonds. The first-order chi connectivity index (χ1) is 8.40. The smallest absolute Gasteiger partial charge is 0.354 e. The van der Waals surface area contributed by atoms with Crippen molar-refractivity contribution in [2.24, 2.45) is 0 Å². The lowest BCUT2D eigenvalue weighted by Gasteiger charge is -2.08. The van der Waals surface area contributed by atoms with E-state index in [1.807, 2.05) is 32.9 Å². The number of nitrogens with two attached hydrogens (primary N) is 1. The van der Waals surface area contributed by atoms with E-state index in [-0.39, 0.29) is 11.6 Å². The number of carbonyl (C=O) groups is 1. The fourth-order valence-corrected chi connectivity index (χ4v) is 1.96. The summed E-state index contributed by atoms with van der Waals surface area (Å²) >= 11 is 0. The van der Waals surface area contributed by atoms with Crippen LogP contribution >= 0.6 is 0 Å². The van der Waals surface area contributed by atoms with Gasteiger partial charge in [0.05, 0.1) is 0 Å². The van der Waals surface area contributed by atoms with Crippen LogP contribution in [0.1, 0.15) is 27.2 Å². The fraction of sp³-hybridized carbons (Fsp3) is 0.231. The summed E-state index contributed by atoms with van der Waals surface area (Å²) < 4.78 is 0. The molecule has 2 rings (SSSR count). The van der Waals surface area contributed by atoms with Gasteiger partial charge in [-0.25, -0.2) is 9.78 Å². The second-order valence-electron chi connectivity index (χ2n) is 4.40. The molecule has 0 saturated carbocycles. The summed E-state index contributed by atoms with van der Waals surface area (Å²) in [6.07, 6.45) is 0. The van der Waals surface area contributed by atoms with Gasteiger partial charge < -0.3 is 15.8 Å². The molecule has 0 aliphatic heterocycles. The fourth-order valence-electron chi connectivity index (χ4n) is 1.96. The van der Waals surface area contributed by atoms with Crippen LogP contribution in [0.15, 0.2) is 12.1 Å². The quantitative estimate of drug-likeness (QED) is 0.756. The zero-order valence-electron chi connectivity index (χ0n) is 10.5. The lowest BCUT2D eigenvalue weighted by atomic mass is 9.98. The van der Waals surface area contributed by atoms with E-state index in [0.717, 1.165) is 22.3 Å². The van der Waals surface area contributed by atoms with Crippen molar-refractivity contribution in [1.82, 2.24) is 9.97 Å². The number of aromatic carboxylic acids is 1. The number of nitrogen functional groups attached to an aromatic ring is 1. The number of benzene rings is 1. The predicted molar refractivity (Wildman–Crippen MR) is 69.6 cm³/mol. The number of aryl methyl sites for hydroxylation is 3. The van der Waals surface area contributed by atoms with E-state index in [1.54, 1.807) is 0 Å². The molecule has 0 saturated heterocycles. The number of aromatic amines is 1. The molecule has 1 aromatic heterocycles. The molecule has 0 aliphatic carbocycles. The summed E-state index contributed by atoms with van der Waals surface area (Å²) in [4.78, 5) is 17.8. The minimum absolute atomic E-state index is 0.0267. The molecule has 1 heterocycles. The Kier molecular flexibility index (Phi) is 2.82. The lowest BCUT2D eigenvalue weighted by Crippen LogP contribution is -2.00. The van der Waals surface area contributed by atoms with Crippen LogP contribution in [0.3, 0.4) is 0 Å². The molecule has 0 bridgehead atoms. The number of anilines is 1. The van der Waals surface area contributed by atoms with Crippen molar-refractivity contribution in [2.45, 2.75) is 20.8 Å². The summed E-state index contributed by atoms with van der Waals surface area (Å²) in [5.41, 5.74) is 9.99. The molecule has 0 unspecified atom stereocenters. The number of hydrogen-bond acceptors (Lipinski definition) is 3. The number of H-pyrrole nitrogens is 1.